The van der Waals surface area contributed by atoms with Crippen LogP contribution in [0, 0.1) is 5.92 Å². The molecular formula is C17H24ClN3O2. The summed E-state index contributed by atoms with van der Waals surface area (Å²) >= 11 is 0. The fourth-order valence-electron chi connectivity index (χ4n) is 3.14. The number of nitrogens with zero attached hydrogens (tertiary/aromatic N) is 1. The number of rotatable bonds is 4. The van der Waals surface area contributed by atoms with E-state index in [1.807, 2.05) is 25.1 Å². The van der Waals surface area contributed by atoms with Crippen molar-refractivity contribution in [3.8, 4) is 0 Å². The van der Waals surface area contributed by atoms with Crippen LogP contribution in [0.5, 0.6) is 0 Å². The van der Waals surface area contributed by atoms with Gasteiger partial charge in [-0.15, -0.1) is 12.4 Å². The zero-order chi connectivity index (χ0) is 15.5. The molecule has 0 spiro atoms. The smallest absolute Gasteiger partial charge is 0.224 e. The van der Waals surface area contributed by atoms with E-state index >= 15 is 0 Å². The third-order valence-electron chi connectivity index (χ3n) is 4.43. The summed E-state index contributed by atoms with van der Waals surface area (Å²) in [5, 5.41) is 2.95. The van der Waals surface area contributed by atoms with Crippen molar-refractivity contribution in [1.29, 1.82) is 0 Å². The van der Waals surface area contributed by atoms with Gasteiger partial charge in [0, 0.05) is 24.6 Å². The molecule has 6 heteroatoms. The predicted octanol–water partition coefficient (Wildman–Crippen LogP) is 3.66. The van der Waals surface area contributed by atoms with Crippen molar-refractivity contribution in [2.75, 3.05) is 5.32 Å². The zero-order valence-electron chi connectivity index (χ0n) is 13.4. The molecule has 5 nitrogen and oxygen atoms in total. The van der Waals surface area contributed by atoms with Gasteiger partial charge < -0.3 is 15.5 Å². The first kappa shape index (κ1) is 17.8. The lowest BCUT2D eigenvalue weighted by Gasteiger charge is -2.27. The number of halogens is 1. The summed E-state index contributed by atoms with van der Waals surface area (Å²) in [6.45, 7) is 2.00. The van der Waals surface area contributed by atoms with Gasteiger partial charge in [0.25, 0.3) is 0 Å². The van der Waals surface area contributed by atoms with Crippen LogP contribution in [0.1, 0.15) is 44.9 Å². The van der Waals surface area contributed by atoms with Crippen molar-refractivity contribution in [2.45, 2.75) is 51.5 Å². The van der Waals surface area contributed by atoms with E-state index < -0.39 is 0 Å². The maximum absolute atomic E-state index is 12.2. The Balaban J connectivity index is 0.00000192. The first-order valence-electron chi connectivity index (χ1n) is 8.10. The molecule has 126 valence electrons. The van der Waals surface area contributed by atoms with Crippen LogP contribution >= 0.6 is 12.4 Å². The topological polar surface area (TPSA) is 81.2 Å². The number of benzene rings is 1. The Labute approximate surface area is 142 Å². The highest BCUT2D eigenvalue weighted by Crippen LogP contribution is 2.26. The van der Waals surface area contributed by atoms with Crippen LogP contribution in [0.25, 0.3) is 11.1 Å². The molecule has 23 heavy (non-hydrogen) atoms. The van der Waals surface area contributed by atoms with Gasteiger partial charge in [0.15, 0.2) is 11.5 Å². The number of aryl methyl sites for hydroxylation is 1. The lowest BCUT2D eigenvalue weighted by Crippen LogP contribution is -2.35. The van der Waals surface area contributed by atoms with E-state index in [1.165, 1.54) is 12.8 Å². The van der Waals surface area contributed by atoms with Crippen molar-refractivity contribution in [3.63, 3.8) is 0 Å². The van der Waals surface area contributed by atoms with Crippen molar-refractivity contribution in [3.05, 3.63) is 24.1 Å². The number of anilines is 1. The lowest BCUT2D eigenvalue weighted by molar-refractivity contribution is -0.117. The number of hydrogen-bond donors (Lipinski definition) is 2. The van der Waals surface area contributed by atoms with Crippen LogP contribution in [0.2, 0.25) is 0 Å². The molecule has 1 heterocycles. The molecule has 0 aliphatic heterocycles. The maximum atomic E-state index is 12.2. The highest BCUT2D eigenvalue weighted by molar-refractivity contribution is 5.92. The average Bonchev–Trinajstić information content (AvgIpc) is 2.92. The molecule has 0 saturated heterocycles. The Hall–Kier alpha value is -1.59. The first-order valence-corrected chi connectivity index (χ1v) is 8.10. The molecule has 1 aliphatic carbocycles. The van der Waals surface area contributed by atoms with E-state index in [0.717, 1.165) is 36.0 Å². The Bertz CT molecular complexity index is 671. The Morgan fingerprint density at radius 3 is 2.91 bits per heavy atom. The van der Waals surface area contributed by atoms with Gasteiger partial charge in [-0.1, -0.05) is 19.8 Å². The van der Waals surface area contributed by atoms with Gasteiger partial charge in [0.05, 0.1) is 0 Å². The summed E-state index contributed by atoms with van der Waals surface area (Å²) in [6.07, 6.45) is 5.70. The van der Waals surface area contributed by atoms with E-state index in [1.54, 1.807) is 0 Å². The summed E-state index contributed by atoms with van der Waals surface area (Å²) < 4.78 is 5.57. The second-order valence-corrected chi connectivity index (χ2v) is 6.10. The van der Waals surface area contributed by atoms with E-state index in [-0.39, 0.29) is 24.4 Å². The predicted molar refractivity (Wildman–Crippen MR) is 93.8 cm³/mol. The molecule has 0 bridgehead atoms. The number of oxazole rings is 1. The normalized spacial score (nSPS) is 21.0. The van der Waals surface area contributed by atoms with Crippen LogP contribution in [-0.4, -0.2) is 16.9 Å². The van der Waals surface area contributed by atoms with E-state index in [0.29, 0.717) is 18.2 Å². The summed E-state index contributed by atoms with van der Waals surface area (Å²) in [5.41, 5.74) is 8.41. The van der Waals surface area contributed by atoms with Crippen LogP contribution in [0.4, 0.5) is 5.69 Å². The van der Waals surface area contributed by atoms with Crippen LogP contribution < -0.4 is 11.1 Å². The van der Waals surface area contributed by atoms with E-state index in [2.05, 4.69) is 10.3 Å². The molecule has 1 saturated carbocycles. The Morgan fingerprint density at radius 1 is 1.39 bits per heavy atom. The van der Waals surface area contributed by atoms with Gasteiger partial charge in [-0.25, -0.2) is 4.98 Å². The molecule has 3 rings (SSSR count). The third kappa shape index (κ3) is 4.24. The quantitative estimate of drug-likeness (QED) is 0.892. The second kappa shape index (κ2) is 7.79. The number of carbonyl (C=O) groups excluding carboxylic acids is 1. The molecular weight excluding hydrogens is 314 g/mol. The van der Waals surface area contributed by atoms with Gasteiger partial charge in [-0.2, -0.15) is 0 Å². The van der Waals surface area contributed by atoms with Gasteiger partial charge in [0.2, 0.25) is 5.91 Å². The molecule has 1 fully saturated rings. The highest BCUT2D eigenvalue weighted by atomic mass is 35.5. The number of aromatic nitrogens is 1. The molecule has 2 atom stereocenters. The van der Waals surface area contributed by atoms with Gasteiger partial charge in [-0.3, -0.25) is 4.79 Å². The lowest BCUT2D eigenvalue weighted by atomic mass is 9.83. The molecule has 1 aliphatic rings. The monoisotopic (exact) mass is 337 g/mol. The van der Waals surface area contributed by atoms with Gasteiger partial charge in [-0.05, 0) is 37.0 Å². The first-order chi connectivity index (χ1) is 10.7. The van der Waals surface area contributed by atoms with E-state index in [9.17, 15) is 4.79 Å². The van der Waals surface area contributed by atoms with Crippen molar-refractivity contribution >= 4 is 35.1 Å². The largest absolute Gasteiger partial charge is 0.441 e. The Kier molecular flexibility index (Phi) is 6.02. The number of amides is 1. The van der Waals surface area contributed by atoms with Gasteiger partial charge >= 0.3 is 0 Å². The zero-order valence-corrected chi connectivity index (χ0v) is 14.2. The minimum atomic E-state index is 0. The van der Waals surface area contributed by atoms with E-state index in [4.69, 9.17) is 10.2 Å². The fourth-order valence-corrected chi connectivity index (χ4v) is 3.14. The number of nitrogens with two attached hydrogens (primary N) is 1. The minimum absolute atomic E-state index is 0. The SMILES string of the molecule is CCc1nc2cc(NC(=O)CC3CCCCC3N)ccc2o1.Cl. The van der Waals surface area contributed by atoms with Crippen molar-refractivity contribution in [1.82, 2.24) is 4.98 Å². The highest BCUT2D eigenvalue weighted by Gasteiger charge is 2.24. The Morgan fingerprint density at radius 2 is 2.17 bits per heavy atom. The average molecular weight is 338 g/mol. The fraction of sp³-hybridized carbons (Fsp3) is 0.529. The molecule has 2 unspecified atom stereocenters. The molecule has 1 aromatic heterocycles. The summed E-state index contributed by atoms with van der Waals surface area (Å²) in [4.78, 5) is 16.6. The van der Waals surface area contributed by atoms with Crippen LogP contribution in [0.3, 0.4) is 0 Å². The van der Waals surface area contributed by atoms with Crippen LogP contribution in [-0.2, 0) is 11.2 Å². The number of hydrogen-bond acceptors (Lipinski definition) is 4. The molecule has 2 aromatic rings. The number of carbonyl (C=O) groups is 1. The maximum Gasteiger partial charge on any atom is 0.224 e. The number of fused-ring (bicyclic) bond motifs is 1. The van der Waals surface area contributed by atoms with Crippen molar-refractivity contribution in [2.24, 2.45) is 11.7 Å². The molecule has 3 N–H and O–H groups in total. The number of nitrogens with one attached hydrogen (secondary N) is 1. The standard InChI is InChI=1S/C17H23N3O2.ClH/c1-2-17-20-14-10-12(7-8-15(14)22-17)19-16(21)9-11-5-3-4-6-13(11)18;/h7-8,10-11,13H,2-6,9,18H2,1H3,(H,19,21);1H. The summed E-state index contributed by atoms with van der Waals surface area (Å²) in [7, 11) is 0. The summed E-state index contributed by atoms with van der Waals surface area (Å²) in [5.74, 6) is 1.05. The minimum Gasteiger partial charge on any atom is -0.441 e. The van der Waals surface area contributed by atoms with Crippen LogP contribution in [0.15, 0.2) is 22.6 Å². The molecule has 1 aromatic carbocycles. The molecule has 1 amide bonds. The van der Waals surface area contributed by atoms with Gasteiger partial charge in [0.1, 0.15) is 5.52 Å². The molecule has 0 radical (unpaired) electrons. The summed E-state index contributed by atoms with van der Waals surface area (Å²) in [6, 6.07) is 5.72. The second-order valence-electron chi connectivity index (χ2n) is 6.10. The van der Waals surface area contributed by atoms with Crippen molar-refractivity contribution < 1.29 is 9.21 Å². The third-order valence-corrected chi connectivity index (χ3v) is 4.43.